The van der Waals surface area contributed by atoms with E-state index in [2.05, 4.69) is 9.71 Å². The normalized spacial score (nSPS) is 12.0. The summed E-state index contributed by atoms with van der Waals surface area (Å²) < 4.78 is 8.95. The number of amides is 1. The van der Waals surface area contributed by atoms with Crippen molar-refractivity contribution in [3.63, 3.8) is 0 Å². The highest BCUT2D eigenvalue weighted by atomic mass is 32.2. The minimum Gasteiger partial charge on any atom is -0.467 e. The number of carbonyl (C=O) groups is 1. The monoisotopic (exact) mass is 501 g/mol. The van der Waals surface area contributed by atoms with Crippen LogP contribution in [0.4, 0.5) is 0 Å². The van der Waals surface area contributed by atoms with Crippen LogP contribution in [0.15, 0.2) is 111 Å². The van der Waals surface area contributed by atoms with E-state index in [-0.39, 0.29) is 11.5 Å². The third-order valence-corrected chi connectivity index (χ3v) is 7.24. The number of H-pyrrole nitrogens is 1. The molecule has 176 valence electrons. The zero-order valence-electron chi connectivity index (χ0n) is 18.7. The van der Waals surface area contributed by atoms with Crippen molar-refractivity contribution in [2.45, 2.75) is 24.0 Å². The molecule has 3 heterocycles. The Labute approximate surface area is 210 Å². The Balaban J connectivity index is 1.41. The molecule has 0 saturated heterocycles. The number of rotatable bonds is 9. The van der Waals surface area contributed by atoms with Crippen molar-refractivity contribution in [2.24, 2.45) is 0 Å². The second kappa shape index (κ2) is 10.8. The fraction of sp³-hybridized carbons (Fsp3) is 0.111. The first-order chi connectivity index (χ1) is 17.2. The smallest absolute Gasteiger partial charge is 0.248 e. The van der Waals surface area contributed by atoms with E-state index in [9.17, 15) is 9.59 Å². The van der Waals surface area contributed by atoms with Crippen molar-refractivity contribution >= 4 is 40.1 Å². The van der Waals surface area contributed by atoms with Gasteiger partial charge in [-0.3, -0.25) is 9.59 Å². The zero-order chi connectivity index (χ0) is 24.0. The van der Waals surface area contributed by atoms with Crippen LogP contribution in [-0.2, 0) is 17.9 Å². The SMILES string of the molecule is O=C(C(NSc1ccc2[nH]c(=O)ccc2c1)c1ccccc1)N(Cc1ccco1)Cc1cccs1. The maximum atomic E-state index is 13.9. The lowest BCUT2D eigenvalue weighted by Gasteiger charge is -2.27. The Morgan fingerprint density at radius 3 is 2.66 bits per heavy atom. The van der Waals surface area contributed by atoms with Gasteiger partial charge in [0.1, 0.15) is 11.8 Å². The van der Waals surface area contributed by atoms with E-state index >= 15 is 0 Å². The molecule has 0 bridgehead atoms. The predicted molar refractivity (Wildman–Crippen MR) is 140 cm³/mol. The van der Waals surface area contributed by atoms with E-state index in [4.69, 9.17) is 4.42 Å². The molecule has 35 heavy (non-hydrogen) atoms. The molecule has 0 aliphatic carbocycles. The number of aromatic amines is 1. The molecular formula is C27H23N3O3S2. The van der Waals surface area contributed by atoms with Crippen LogP contribution in [0.2, 0.25) is 0 Å². The van der Waals surface area contributed by atoms with Gasteiger partial charge in [-0.2, -0.15) is 0 Å². The molecular weight excluding hydrogens is 478 g/mol. The number of hydrogen-bond acceptors (Lipinski definition) is 6. The van der Waals surface area contributed by atoms with Crippen molar-refractivity contribution in [1.29, 1.82) is 0 Å². The molecule has 8 heteroatoms. The first kappa shape index (κ1) is 23.2. The van der Waals surface area contributed by atoms with Gasteiger partial charge in [0, 0.05) is 21.4 Å². The third kappa shape index (κ3) is 5.74. The van der Waals surface area contributed by atoms with E-state index in [0.717, 1.165) is 32.0 Å². The third-order valence-electron chi connectivity index (χ3n) is 5.53. The summed E-state index contributed by atoms with van der Waals surface area (Å²) in [6, 6.07) is 26.0. The van der Waals surface area contributed by atoms with E-state index in [1.807, 2.05) is 83.1 Å². The molecule has 5 aromatic rings. The van der Waals surface area contributed by atoms with Crippen molar-refractivity contribution in [3.8, 4) is 0 Å². The molecule has 2 N–H and O–H groups in total. The summed E-state index contributed by atoms with van der Waals surface area (Å²) in [5, 5.41) is 2.94. The number of thiophene rings is 1. The molecule has 0 saturated carbocycles. The van der Waals surface area contributed by atoms with Crippen molar-refractivity contribution in [2.75, 3.05) is 0 Å². The van der Waals surface area contributed by atoms with Gasteiger partial charge in [0.15, 0.2) is 0 Å². The van der Waals surface area contributed by atoms with Crippen LogP contribution in [0.5, 0.6) is 0 Å². The Kier molecular flexibility index (Phi) is 7.13. The molecule has 0 radical (unpaired) electrons. The fourth-order valence-electron chi connectivity index (χ4n) is 3.80. The number of hydrogen-bond donors (Lipinski definition) is 2. The van der Waals surface area contributed by atoms with Gasteiger partial charge in [0.2, 0.25) is 11.5 Å². The molecule has 1 amide bonds. The predicted octanol–water partition coefficient (Wildman–Crippen LogP) is 5.75. The number of carbonyl (C=O) groups excluding carboxylic acids is 1. The molecule has 0 spiro atoms. The summed E-state index contributed by atoms with van der Waals surface area (Å²) in [7, 11) is 0. The molecule has 0 aliphatic rings. The average molecular weight is 502 g/mol. The van der Waals surface area contributed by atoms with Gasteiger partial charge in [-0.05, 0) is 70.7 Å². The summed E-state index contributed by atoms with van der Waals surface area (Å²) >= 11 is 3.02. The van der Waals surface area contributed by atoms with Gasteiger partial charge in [-0.25, -0.2) is 4.72 Å². The quantitative estimate of drug-likeness (QED) is 0.252. The molecule has 6 nitrogen and oxygen atoms in total. The van der Waals surface area contributed by atoms with Crippen LogP contribution in [0.25, 0.3) is 10.9 Å². The molecule has 5 rings (SSSR count). The van der Waals surface area contributed by atoms with Crippen LogP contribution < -0.4 is 10.3 Å². The van der Waals surface area contributed by atoms with Crippen molar-refractivity contribution in [3.05, 3.63) is 123 Å². The molecule has 0 fully saturated rings. The van der Waals surface area contributed by atoms with Crippen LogP contribution in [0, 0.1) is 0 Å². The van der Waals surface area contributed by atoms with E-state index in [1.165, 1.54) is 18.0 Å². The summed E-state index contributed by atoms with van der Waals surface area (Å²) in [4.78, 5) is 32.2. The standard InChI is InChI=1S/C27H23N3O3S2/c31-25-13-10-20-16-22(11-12-24(20)28-25)35-29-26(19-6-2-1-3-7-19)27(32)30(17-21-8-4-14-33-21)18-23-9-5-15-34-23/h1-16,26,29H,17-18H2,(H,28,31). The molecule has 0 aliphatic heterocycles. The van der Waals surface area contributed by atoms with Gasteiger partial charge in [0.25, 0.3) is 0 Å². The maximum absolute atomic E-state index is 13.9. The molecule has 1 atom stereocenters. The first-order valence-electron chi connectivity index (χ1n) is 11.1. The molecule has 3 aromatic heterocycles. The number of benzene rings is 2. The van der Waals surface area contributed by atoms with Gasteiger partial charge in [0.05, 0.1) is 19.4 Å². The first-order valence-corrected chi connectivity index (χ1v) is 12.8. The summed E-state index contributed by atoms with van der Waals surface area (Å²) in [5.41, 5.74) is 1.53. The van der Waals surface area contributed by atoms with Gasteiger partial charge >= 0.3 is 0 Å². The Morgan fingerprint density at radius 1 is 1.00 bits per heavy atom. The van der Waals surface area contributed by atoms with Crippen LogP contribution in [-0.4, -0.2) is 15.8 Å². The number of fused-ring (bicyclic) bond motifs is 1. The van der Waals surface area contributed by atoms with Crippen molar-refractivity contribution in [1.82, 2.24) is 14.6 Å². The summed E-state index contributed by atoms with van der Waals surface area (Å²) in [6.07, 6.45) is 1.62. The lowest BCUT2D eigenvalue weighted by molar-refractivity contribution is -0.134. The van der Waals surface area contributed by atoms with E-state index < -0.39 is 6.04 Å². The second-order valence-electron chi connectivity index (χ2n) is 7.99. The minimum atomic E-state index is -0.567. The van der Waals surface area contributed by atoms with Gasteiger partial charge in [-0.15, -0.1) is 11.3 Å². The summed E-state index contributed by atoms with van der Waals surface area (Å²) in [6.45, 7) is 0.874. The van der Waals surface area contributed by atoms with Gasteiger partial charge in [-0.1, -0.05) is 36.4 Å². The lowest BCUT2D eigenvalue weighted by atomic mass is 10.1. The lowest BCUT2D eigenvalue weighted by Crippen LogP contribution is -2.38. The number of nitrogens with one attached hydrogen (secondary N) is 2. The highest BCUT2D eigenvalue weighted by molar-refractivity contribution is 7.97. The van der Waals surface area contributed by atoms with Crippen LogP contribution in [0.3, 0.4) is 0 Å². The minimum absolute atomic E-state index is 0.0429. The topological polar surface area (TPSA) is 78.3 Å². The van der Waals surface area contributed by atoms with Crippen LogP contribution >= 0.6 is 23.3 Å². The largest absolute Gasteiger partial charge is 0.467 e. The Hall–Kier alpha value is -3.59. The summed E-state index contributed by atoms with van der Waals surface area (Å²) in [5.74, 6) is 0.691. The Morgan fingerprint density at radius 2 is 1.89 bits per heavy atom. The van der Waals surface area contributed by atoms with Crippen molar-refractivity contribution < 1.29 is 9.21 Å². The molecule has 1 unspecified atom stereocenters. The van der Waals surface area contributed by atoms with Crippen LogP contribution in [0.1, 0.15) is 22.2 Å². The maximum Gasteiger partial charge on any atom is 0.248 e. The Bertz CT molecular complexity index is 1410. The van der Waals surface area contributed by atoms with Gasteiger partial charge < -0.3 is 14.3 Å². The molecule has 2 aromatic carbocycles. The number of aromatic nitrogens is 1. The average Bonchev–Trinajstić information content (AvgIpc) is 3.59. The highest BCUT2D eigenvalue weighted by Gasteiger charge is 2.27. The number of pyridine rings is 1. The number of furan rings is 1. The number of nitrogens with zero attached hydrogens (tertiary/aromatic N) is 1. The van der Waals surface area contributed by atoms with E-state index in [0.29, 0.717) is 13.1 Å². The fourth-order valence-corrected chi connectivity index (χ4v) is 5.34. The second-order valence-corrected chi connectivity index (χ2v) is 9.93. The zero-order valence-corrected chi connectivity index (χ0v) is 20.4. The van der Waals surface area contributed by atoms with E-state index in [1.54, 1.807) is 23.7 Å². The highest BCUT2D eigenvalue weighted by Crippen LogP contribution is 2.27.